The van der Waals surface area contributed by atoms with E-state index in [9.17, 15) is 0 Å². The van der Waals surface area contributed by atoms with Gasteiger partial charge in [-0.3, -0.25) is 11.3 Å². The maximum Gasteiger partial charge on any atom is 0.0314 e. The standard InChI is InChI=1S/C11H17BrN2S/c12-9-5-6-15-11(9)7-10(14-13)8-3-1-2-4-8/h5-6,8,10,14H,1-4,7,13H2. The van der Waals surface area contributed by atoms with Crippen LogP contribution in [0.3, 0.4) is 0 Å². The molecule has 15 heavy (non-hydrogen) atoms. The summed E-state index contributed by atoms with van der Waals surface area (Å²) in [5, 5.41) is 2.13. The van der Waals surface area contributed by atoms with E-state index in [0.29, 0.717) is 6.04 Å². The summed E-state index contributed by atoms with van der Waals surface area (Å²) in [4.78, 5) is 1.41. The number of nitrogens with one attached hydrogen (secondary N) is 1. The highest BCUT2D eigenvalue weighted by molar-refractivity contribution is 9.10. The number of hydrazine groups is 1. The quantitative estimate of drug-likeness (QED) is 0.660. The van der Waals surface area contributed by atoms with Gasteiger partial charge in [-0.2, -0.15) is 0 Å². The SMILES string of the molecule is NNC(Cc1sccc1Br)C1CCCC1. The minimum Gasteiger partial charge on any atom is -0.271 e. The van der Waals surface area contributed by atoms with Crippen LogP contribution in [0.25, 0.3) is 0 Å². The van der Waals surface area contributed by atoms with Crippen molar-refractivity contribution in [1.82, 2.24) is 5.43 Å². The number of halogens is 1. The summed E-state index contributed by atoms with van der Waals surface area (Å²) in [5.74, 6) is 6.43. The highest BCUT2D eigenvalue weighted by Crippen LogP contribution is 2.31. The zero-order valence-corrected chi connectivity index (χ0v) is 11.1. The van der Waals surface area contributed by atoms with Crippen LogP contribution in [0.5, 0.6) is 0 Å². The first-order chi connectivity index (χ1) is 7.31. The van der Waals surface area contributed by atoms with Crippen molar-refractivity contribution in [2.24, 2.45) is 11.8 Å². The molecule has 0 saturated heterocycles. The molecular formula is C11H17BrN2S. The molecule has 0 bridgehead atoms. The molecule has 4 heteroatoms. The lowest BCUT2D eigenvalue weighted by Crippen LogP contribution is -2.41. The summed E-state index contributed by atoms with van der Waals surface area (Å²) >= 11 is 5.38. The van der Waals surface area contributed by atoms with Gasteiger partial charge >= 0.3 is 0 Å². The smallest absolute Gasteiger partial charge is 0.0314 e. The summed E-state index contributed by atoms with van der Waals surface area (Å²) < 4.78 is 1.23. The zero-order chi connectivity index (χ0) is 10.7. The van der Waals surface area contributed by atoms with Gasteiger partial charge in [0, 0.05) is 15.4 Å². The van der Waals surface area contributed by atoms with E-state index in [1.54, 1.807) is 0 Å². The molecule has 0 aromatic carbocycles. The predicted octanol–water partition coefficient (Wildman–Crippen LogP) is 3.08. The van der Waals surface area contributed by atoms with Crippen LogP contribution in [0.2, 0.25) is 0 Å². The monoisotopic (exact) mass is 288 g/mol. The molecule has 2 nitrogen and oxygen atoms in total. The summed E-state index contributed by atoms with van der Waals surface area (Å²) in [6, 6.07) is 2.56. The molecule has 0 spiro atoms. The Morgan fingerprint density at radius 1 is 1.53 bits per heavy atom. The van der Waals surface area contributed by atoms with Gasteiger partial charge in [-0.25, -0.2) is 0 Å². The topological polar surface area (TPSA) is 38.0 Å². The second kappa shape index (κ2) is 5.43. The lowest BCUT2D eigenvalue weighted by Gasteiger charge is -2.22. The van der Waals surface area contributed by atoms with E-state index in [1.807, 2.05) is 11.3 Å². The van der Waals surface area contributed by atoms with E-state index in [-0.39, 0.29) is 0 Å². The van der Waals surface area contributed by atoms with Gasteiger partial charge in [0.2, 0.25) is 0 Å². The number of nitrogens with two attached hydrogens (primary N) is 1. The third-order valence-electron chi connectivity index (χ3n) is 3.28. The van der Waals surface area contributed by atoms with Gasteiger partial charge in [0.1, 0.15) is 0 Å². The molecule has 1 atom stereocenters. The van der Waals surface area contributed by atoms with Crippen LogP contribution in [0.4, 0.5) is 0 Å². The van der Waals surface area contributed by atoms with Gasteiger partial charge < -0.3 is 0 Å². The molecule has 1 saturated carbocycles. The van der Waals surface area contributed by atoms with Crippen LogP contribution in [0, 0.1) is 5.92 Å². The van der Waals surface area contributed by atoms with Crippen LogP contribution >= 0.6 is 27.3 Å². The van der Waals surface area contributed by atoms with E-state index >= 15 is 0 Å². The van der Waals surface area contributed by atoms with Crippen molar-refractivity contribution >= 4 is 27.3 Å². The second-order valence-corrected chi connectivity index (χ2v) is 6.07. The van der Waals surface area contributed by atoms with Crippen LogP contribution in [-0.4, -0.2) is 6.04 Å². The van der Waals surface area contributed by atoms with E-state index in [2.05, 4.69) is 32.8 Å². The Bertz CT molecular complexity index is 307. The molecule has 1 aromatic rings. The Labute approximate surface area is 103 Å². The van der Waals surface area contributed by atoms with Crippen LogP contribution in [0.1, 0.15) is 30.6 Å². The highest BCUT2D eigenvalue weighted by atomic mass is 79.9. The van der Waals surface area contributed by atoms with Crippen LogP contribution < -0.4 is 11.3 Å². The van der Waals surface area contributed by atoms with Crippen molar-refractivity contribution in [3.8, 4) is 0 Å². The van der Waals surface area contributed by atoms with E-state index in [1.165, 1.54) is 35.0 Å². The Hall–Kier alpha value is 0.100. The fourth-order valence-corrected chi connectivity index (χ4v) is 3.97. The number of hydrogen-bond donors (Lipinski definition) is 2. The third-order valence-corrected chi connectivity index (χ3v) is 5.23. The average molecular weight is 289 g/mol. The largest absolute Gasteiger partial charge is 0.271 e. The molecule has 1 aromatic heterocycles. The van der Waals surface area contributed by atoms with Crippen molar-refractivity contribution in [1.29, 1.82) is 0 Å². The maximum atomic E-state index is 5.66. The van der Waals surface area contributed by atoms with Crippen molar-refractivity contribution in [3.05, 3.63) is 20.8 Å². The average Bonchev–Trinajstić information content (AvgIpc) is 2.86. The second-order valence-electron chi connectivity index (χ2n) is 4.21. The van der Waals surface area contributed by atoms with Crippen molar-refractivity contribution in [2.45, 2.75) is 38.1 Å². The van der Waals surface area contributed by atoms with Gasteiger partial charge in [0.15, 0.2) is 0 Å². The molecule has 1 unspecified atom stereocenters. The summed E-state index contributed by atoms with van der Waals surface area (Å²) in [5.41, 5.74) is 3.00. The molecule has 1 aliphatic rings. The van der Waals surface area contributed by atoms with E-state index in [0.717, 1.165) is 12.3 Å². The van der Waals surface area contributed by atoms with Gasteiger partial charge in [-0.05, 0) is 52.6 Å². The minimum absolute atomic E-state index is 0.447. The molecular weight excluding hydrogens is 272 g/mol. The van der Waals surface area contributed by atoms with E-state index in [4.69, 9.17) is 5.84 Å². The Kier molecular flexibility index (Phi) is 4.20. The molecule has 0 aliphatic heterocycles. The molecule has 1 aliphatic carbocycles. The normalized spacial score (nSPS) is 19.6. The Balaban J connectivity index is 1.98. The third kappa shape index (κ3) is 2.81. The summed E-state index contributed by atoms with van der Waals surface area (Å²) in [6.07, 6.45) is 6.46. The molecule has 0 amide bonds. The molecule has 1 fully saturated rings. The van der Waals surface area contributed by atoms with Crippen LogP contribution in [-0.2, 0) is 6.42 Å². The maximum absolute atomic E-state index is 5.66. The van der Waals surface area contributed by atoms with Crippen molar-refractivity contribution < 1.29 is 0 Å². The van der Waals surface area contributed by atoms with Crippen molar-refractivity contribution in [3.63, 3.8) is 0 Å². The van der Waals surface area contributed by atoms with Gasteiger partial charge in [0.05, 0.1) is 0 Å². The van der Waals surface area contributed by atoms with Gasteiger partial charge in [-0.1, -0.05) is 12.8 Å². The summed E-state index contributed by atoms with van der Waals surface area (Å²) in [6.45, 7) is 0. The Morgan fingerprint density at radius 3 is 2.80 bits per heavy atom. The zero-order valence-electron chi connectivity index (χ0n) is 8.71. The molecule has 3 N–H and O–H groups in total. The number of rotatable bonds is 4. The molecule has 0 radical (unpaired) electrons. The fraction of sp³-hybridized carbons (Fsp3) is 0.636. The molecule has 84 valence electrons. The minimum atomic E-state index is 0.447. The number of hydrogen-bond acceptors (Lipinski definition) is 3. The first-order valence-electron chi connectivity index (χ1n) is 5.49. The van der Waals surface area contributed by atoms with Crippen molar-refractivity contribution in [2.75, 3.05) is 0 Å². The number of thiophene rings is 1. The lowest BCUT2D eigenvalue weighted by atomic mass is 9.95. The first-order valence-corrected chi connectivity index (χ1v) is 7.16. The lowest BCUT2D eigenvalue weighted by molar-refractivity contribution is 0.362. The fourth-order valence-electron chi connectivity index (χ4n) is 2.39. The Morgan fingerprint density at radius 2 is 2.27 bits per heavy atom. The highest BCUT2D eigenvalue weighted by Gasteiger charge is 2.24. The first kappa shape index (κ1) is 11.6. The van der Waals surface area contributed by atoms with Gasteiger partial charge in [0.25, 0.3) is 0 Å². The van der Waals surface area contributed by atoms with Crippen LogP contribution in [0.15, 0.2) is 15.9 Å². The summed E-state index contributed by atoms with van der Waals surface area (Å²) in [7, 11) is 0. The van der Waals surface area contributed by atoms with Gasteiger partial charge in [-0.15, -0.1) is 11.3 Å². The van der Waals surface area contributed by atoms with E-state index < -0.39 is 0 Å². The molecule has 2 rings (SSSR count). The molecule has 1 heterocycles. The predicted molar refractivity (Wildman–Crippen MR) is 68.8 cm³/mol.